The molecule has 7 heteroatoms. The van der Waals surface area contributed by atoms with Gasteiger partial charge in [-0.25, -0.2) is 4.79 Å². The summed E-state index contributed by atoms with van der Waals surface area (Å²) in [5, 5.41) is 22.3. The first-order valence-corrected chi connectivity index (χ1v) is 9.11. The number of carboxylic acids is 1. The molecule has 0 spiro atoms. The number of rotatable bonds is 7. The molecule has 0 bridgehead atoms. The molecule has 0 aliphatic rings. The molecule has 0 saturated carbocycles. The summed E-state index contributed by atoms with van der Waals surface area (Å²) < 4.78 is 10.9. The van der Waals surface area contributed by atoms with Crippen LogP contribution < -0.4 is 14.8 Å². The molecule has 0 aliphatic heterocycles. The average molecular weight is 403 g/mol. The first kappa shape index (κ1) is 20.7. The number of hydrogen-bond acceptors (Lipinski definition) is 6. The molecule has 30 heavy (non-hydrogen) atoms. The summed E-state index contributed by atoms with van der Waals surface area (Å²) in [6.45, 7) is 1.58. The minimum Gasteiger partial charge on any atom is -0.493 e. The molecule has 7 nitrogen and oxygen atoms in total. The SMILES string of the molecule is COc1cc(-c2cccnc2)c(C(C)(Nc2ccc(C#N)cc2)C(=O)O)cc1OC. The van der Waals surface area contributed by atoms with Crippen LogP contribution in [0.25, 0.3) is 11.1 Å². The molecule has 3 rings (SSSR count). The average Bonchev–Trinajstić information content (AvgIpc) is 2.79. The Morgan fingerprint density at radius 2 is 1.80 bits per heavy atom. The minimum atomic E-state index is -1.51. The van der Waals surface area contributed by atoms with E-state index in [2.05, 4.69) is 10.3 Å². The second-order valence-corrected chi connectivity index (χ2v) is 6.74. The van der Waals surface area contributed by atoms with Gasteiger partial charge in [-0.3, -0.25) is 4.98 Å². The van der Waals surface area contributed by atoms with Crippen LogP contribution in [-0.4, -0.2) is 30.3 Å². The third kappa shape index (κ3) is 3.89. The Balaban J connectivity index is 2.21. The van der Waals surface area contributed by atoms with Crippen LogP contribution in [0.15, 0.2) is 60.9 Å². The van der Waals surface area contributed by atoms with Crippen LogP contribution in [0.4, 0.5) is 5.69 Å². The highest BCUT2D eigenvalue weighted by Crippen LogP contribution is 2.41. The van der Waals surface area contributed by atoms with Gasteiger partial charge >= 0.3 is 5.97 Å². The van der Waals surface area contributed by atoms with E-state index < -0.39 is 11.5 Å². The number of methoxy groups -OCH3 is 2. The number of aliphatic carboxylic acids is 1. The number of carbonyl (C=O) groups is 1. The highest BCUT2D eigenvalue weighted by Gasteiger charge is 2.38. The zero-order chi connectivity index (χ0) is 21.7. The molecule has 0 fully saturated rings. The van der Waals surface area contributed by atoms with E-state index >= 15 is 0 Å². The number of pyridine rings is 1. The monoisotopic (exact) mass is 403 g/mol. The standard InChI is InChI=1S/C23H21N3O4/c1-23(22(27)28,26-17-8-6-15(13-24)7-9-17)19-12-21(30-3)20(29-2)11-18(19)16-5-4-10-25-14-16/h4-12,14,26H,1-3H3,(H,27,28). The van der Waals surface area contributed by atoms with E-state index in [9.17, 15) is 9.90 Å². The van der Waals surface area contributed by atoms with E-state index in [4.69, 9.17) is 14.7 Å². The topological polar surface area (TPSA) is 104 Å². The summed E-state index contributed by atoms with van der Waals surface area (Å²) in [5.41, 5.74) is 1.39. The maximum Gasteiger partial charge on any atom is 0.333 e. The van der Waals surface area contributed by atoms with Crippen LogP contribution in [0.5, 0.6) is 11.5 Å². The van der Waals surface area contributed by atoms with Gasteiger partial charge in [-0.05, 0) is 55.0 Å². The molecule has 1 atom stereocenters. The van der Waals surface area contributed by atoms with E-state index in [1.54, 1.807) is 61.8 Å². The van der Waals surface area contributed by atoms with Gasteiger partial charge in [0.15, 0.2) is 17.0 Å². The summed E-state index contributed by atoms with van der Waals surface area (Å²) in [6.07, 6.45) is 3.31. The van der Waals surface area contributed by atoms with E-state index in [1.165, 1.54) is 14.2 Å². The van der Waals surface area contributed by atoms with Crippen LogP contribution in [0.1, 0.15) is 18.1 Å². The first-order valence-electron chi connectivity index (χ1n) is 9.11. The second-order valence-electron chi connectivity index (χ2n) is 6.74. The van der Waals surface area contributed by atoms with Gasteiger partial charge < -0.3 is 19.9 Å². The predicted octanol–water partition coefficient (Wildman–Crippen LogP) is 4.05. The highest BCUT2D eigenvalue weighted by molar-refractivity contribution is 5.88. The molecule has 1 heterocycles. The fourth-order valence-electron chi connectivity index (χ4n) is 3.21. The second kappa shape index (κ2) is 8.53. The third-order valence-corrected chi connectivity index (χ3v) is 4.87. The molecule has 0 radical (unpaired) electrons. The normalized spacial score (nSPS) is 12.3. The lowest BCUT2D eigenvalue weighted by atomic mass is 9.85. The van der Waals surface area contributed by atoms with Gasteiger partial charge in [-0.2, -0.15) is 5.26 Å². The Morgan fingerprint density at radius 3 is 2.33 bits per heavy atom. The molecule has 1 aromatic heterocycles. The van der Waals surface area contributed by atoms with Gasteiger partial charge in [-0.1, -0.05) is 6.07 Å². The van der Waals surface area contributed by atoms with E-state index in [1.807, 2.05) is 12.1 Å². The number of nitriles is 1. The molecule has 0 aliphatic carbocycles. The number of carboxylic acid groups (broad SMARTS) is 1. The van der Waals surface area contributed by atoms with Crippen molar-refractivity contribution in [2.45, 2.75) is 12.5 Å². The van der Waals surface area contributed by atoms with Crippen molar-refractivity contribution in [1.29, 1.82) is 5.26 Å². The molecular formula is C23H21N3O4. The van der Waals surface area contributed by atoms with Crippen molar-refractivity contribution in [2.75, 3.05) is 19.5 Å². The van der Waals surface area contributed by atoms with Crippen molar-refractivity contribution in [3.05, 3.63) is 72.1 Å². The zero-order valence-electron chi connectivity index (χ0n) is 16.8. The fraction of sp³-hybridized carbons (Fsp3) is 0.174. The van der Waals surface area contributed by atoms with Crippen LogP contribution in [0.3, 0.4) is 0 Å². The van der Waals surface area contributed by atoms with Crippen molar-refractivity contribution in [1.82, 2.24) is 4.98 Å². The lowest BCUT2D eigenvalue weighted by Crippen LogP contribution is -2.41. The molecule has 1 unspecified atom stereocenters. The van der Waals surface area contributed by atoms with Crippen LogP contribution in [0, 0.1) is 11.3 Å². The Labute approximate surface area is 174 Å². The van der Waals surface area contributed by atoms with Gasteiger partial charge in [0.25, 0.3) is 0 Å². The van der Waals surface area contributed by atoms with Crippen molar-refractivity contribution < 1.29 is 19.4 Å². The number of aromatic nitrogens is 1. The predicted molar refractivity (Wildman–Crippen MR) is 113 cm³/mol. The molecule has 0 amide bonds. The van der Waals surface area contributed by atoms with Crippen LogP contribution in [0.2, 0.25) is 0 Å². The summed E-state index contributed by atoms with van der Waals surface area (Å²) in [6, 6.07) is 15.7. The summed E-state index contributed by atoms with van der Waals surface area (Å²) in [7, 11) is 3.02. The van der Waals surface area contributed by atoms with Crippen LogP contribution >= 0.6 is 0 Å². The van der Waals surface area contributed by atoms with Gasteiger partial charge in [0.1, 0.15) is 0 Å². The molecule has 2 aromatic carbocycles. The zero-order valence-corrected chi connectivity index (χ0v) is 16.8. The number of benzene rings is 2. The van der Waals surface area contributed by atoms with E-state index in [0.29, 0.717) is 33.9 Å². The number of ether oxygens (including phenoxy) is 2. The molecular weight excluding hydrogens is 382 g/mol. The summed E-state index contributed by atoms with van der Waals surface area (Å²) >= 11 is 0. The molecule has 0 saturated heterocycles. The Morgan fingerprint density at radius 1 is 1.13 bits per heavy atom. The number of nitrogens with one attached hydrogen (secondary N) is 1. The van der Waals surface area contributed by atoms with Crippen molar-refractivity contribution >= 4 is 11.7 Å². The van der Waals surface area contributed by atoms with Gasteiger partial charge in [0.05, 0.1) is 25.9 Å². The number of anilines is 1. The van der Waals surface area contributed by atoms with E-state index in [0.717, 1.165) is 5.56 Å². The highest BCUT2D eigenvalue weighted by atomic mass is 16.5. The van der Waals surface area contributed by atoms with Crippen LogP contribution in [-0.2, 0) is 10.3 Å². The Hall–Kier alpha value is -4.05. The summed E-state index contributed by atoms with van der Waals surface area (Å²) in [4.78, 5) is 16.6. The van der Waals surface area contributed by atoms with Crippen molar-refractivity contribution in [2.24, 2.45) is 0 Å². The summed E-state index contributed by atoms with van der Waals surface area (Å²) in [5.74, 6) is -0.190. The quantitative estimate of drug-likeness (QED) is 0.613. The van der Waals surface area contributed by atoms with Crippen molar-refractivity contribution in [3.8, 4) is 28.7 Å². The maximum absolute atomic E-state index is 12.5. The Kier molecular flexibility index (Phi) is 5.88. The first-order chi connectivity index (χ1) is 14.4. The van der Waals surface area contributed by atoms with Gasteiger partial charge in [0.2, 0.25) is 0 Å². The van der Waals surface area contributed by atoms with E-state index in [-0.39, 0.29) is 0 Å². The largest absolute Gasteiger partial charge is 0.493 e. The maximum atomic E-state index is 12.5. The van der Waals surface area contributed by atoms with Gasteiger partial charge in [-0.15, -0.1) is 0 Å². The van der Waals surface area contributed by atoms with Gasteiger partial charge in [0, 0.05) is 29.2 Å². The lowest BCUT2D eigenvalue weighted by Gasteiger charge is -2.31. The third-order valence-electron chi connectivity index (χ3n) is 4.87. The van der Waals surface area contributed by atoms with Crippen molar-refractivity contribution in [3.63, 3.8) is 0 Å². The molecule has 152 valence electrons. The fourth-order valence-corrected chi connectivity index (χ4v) is 3.21. The minimum absolute atomic E-state index is 0.411. The lowest BCUT2D eigenvalue weighted by molar-refractivity contribution is -0.142. The number of nitrogens with zero attached hydrogens (tertiary/aromatic N) is 2. The Bertz CT molecular complexity index is 1090. The smallest absolute Gasteiger partial charge is 0.333 e. The molecule has 2 N–H and O–H groups in total. The molecule has 3 aromatic rings. The number of hydrogen-bond donors (Lipinski definition) is 2.